The number of urea groups is 1. The van der Waals surface area contributed by atoms with E-state index in [9.17, 15) is 14.7 Å². The van der Waals surface area contributed by atoms with Gasteiger partial charge in [0.05, 0.1) is 26.3 Å². The minimum atomic E-state index is -2.22. The molecule has 0 aliphatic carbocycles. The molecule has 0 fully saturated rings. The number of nitrogens with one attached hydrogen (secondary N) is 3. The lowest BCUT2D eigenvalue weighted by molar-refractivity contribution is -0.858. The van der Waals surface area contributed by atoms with Crippen LogP contribution in [0.25, 0.3) is 0 Å². The second-order valence-electron chi connectivity index (χ2n) is 7.17. The molecule has 2 aromatic carbocycles. The molecule has 1 atom stereocenters. The van der Waals surface area contributed by atoms with Gasteiger partial charge in [0.25, 0.3) is 11.6 Å². The summed E-state index contributed by atoms with van der Waals surface area (Å²) in [4.78, 5) is 28.4. The quantitative estimate of drug-likeness (QED) is 0.475. The van der Waals surface area contributed by atoms with Gasteiger partial charge in [0.2, 0.25) is 0 Å². The minimum Gasteiger partial charge on any atom is -0.359 e. The molecular weight excluding hydrogens is 460 g/mol. The number of carbonyl (C=O) groups excluding carboxylic acids is 2. The maximum Gasteiger partial charge on any atom is 0.329 e. The largest absolute Gasteiger partial charge is 0.359 e. The summed E-state index contributed by atoms with van der Waals surface area (Å²) < 4.78 is 0.672. The molecule has 1 heterocycles. The van der Waals surface area contributed by atoms with Gasteiger partial charge in [-0.2, -0.15) is 0 Å². The van der Waals surface area contributed by atoms with Gasteiger partial charge in [0.1, 0.15) is 0 Å². The standard InChI is InChI=1S/C20H22BrClN4O3/c1-25(2)11-3-10-23-18(27)20(29)16-12-13(21)4-9-17(16)24-19(28)26(20)15-7-5-14(22)6-8-15/h4-9,12,29H,3,10-11H2,1-2H3,(H,23,27)(H,24,28)/p+1. The average molecular weight is 483 g/mol. The molecule has 154 valence electrons. The summed E-state index contributed by atoms with van der Waals surface area (Å²) in [5, 5.41) is 17.7. The highest BCUT2D eigenvalue weighted by molar-refractivity contribution is 9.10. The van der Waals surface area contributed by atoms with E-state index in [1.807, 2.05) is 14.1 Å². The molecule has 1 aliphatic rings. The van der Waals surface area contributed by atoms with Gasteiger partial charge in [-0.3, -0.25) is 9.69 Å². The van der Waals surface area contributed by atoms with E-state index in [0.29, 0.717) is 27.4 Å². The summed E-state index contributed by atoms with van der Waals surface area (Å²) >= 11 is 9.34. The number of hydrogen-bond donors (Lipinski definition) is 4. The Morgan fingerprint density at radius 1 is 1.28 bits per heavy atom. The van der Waals surface area contributed by atoms with Crippen molar-refractivity contribution in [2.45, 2.75) is 12.1 Å². The molecule has 9 heteroatoms. The molecule has 4 N–H and O–H groups in total. The van der Waals surface area contributed by atoms with Crippen LogP contribution in [0, 0.1) is 0 Å². The van der Waals surface area contributed by atoms with E-state index in [-0.39, 0.29) is 5.56 Å². The first-order chi connectivity index (χ1) is 13.7. The highest BCUT2D eigenvalue weighted by Crippen LogP contribution is 2.41. The lowest BCUT2D eigenvalue weighted by Crippen LogP contribution is -3.05. The summed E-state index contributed by atoms with van der Waals surface area (Å²) in [5.41, 5.74) is -1.23. The van der Waals surface area contributed by atoms with Crippen LogP contribution in [0.3, 0.4) is 0 Å². The van der Waals surface area contributed by atoms with Crippen LogP contribution in [0.2, 0.25) is 5.02 Å². The summed E-state index contributed by atoms with van der Waals surface area (Å²) in [6.45, 7) is 1.24. The number of rotatable bonds is 6. The molecule has 0 saturated heterocycles. The van der Waals surface area contributed by atoms with E-state index in [2.05, 4.69) is 26.6 Å². The maximum atomic E-state index is 13.2. The predicted octanol–water partition coefficient (Wildman–Crippen LogP) is 1.95. The van der Waals surface area contributed by atoms with E-state index < -0.39 is 17.7 Å². The van der Waals surface area contributed by atoms with Crippen molar-refractivity contribution in [3.05, 3.63) is 57.5 Å². The Kier molecular flexibility index (Phi) is 6.48. The minimum absolute atomic E-state index is 0.275. The topological polar surface area (TPSA) is 86.1 Å². The van der Waals surface area contributed by atoms with Crippen LogP contribution in [0.4, 0.5) is 16.2 Å². The van der Waals surface area contributed by atoms with Crippen molar-refractivity contribution < 1.29 is 19.6 Å². The van der Waals surface area contributed by atoms with Crippen molar-refractivity contribution in [3.63, 3.8) is 0 Å². The summed E-state index contributed by atoms with van der Waals surface area (Å²) in [7, 11) is 4.05. The van der Waals surface area contributed by atoms with Crippen LogP contribution in [-0.4, -0.2) is 44.2 Å². The fourth-order valence-electron chi connectivity index (χ4n) is 3.24. The van der Waals surface area contributed by atoms with Gasteiger partial charge < -0.3 is 20.6 Å². The zero-order valence-corrected chi connectivity index (χ0v) is 18.5. The van der Waals surface area contributed by atoms with Crippen LogP contribution in [0.1, 0.15) is 12.0 Å². The zero-order chi connectivity index (χ0) is 21.2. The molecule has 0 bridgehead atoms. The Morgan fingerprint density at radius 2 is 1.97 bits per heavy atom. The molecule has 29 heavy (non-hydrogen) atoms. The molecule has 7 nitrogen and oxygen atoms in total. The lowest BCUT2D eigenvalue weighted by Gasteiger charge is -2.42. The van der Waals surface area contributed by atoms with E-state index in [4.69, 9.17) is 11.6 Å². The molecule has 0 spiro atoms. The Morgan fingerprint density at radius 3 is 2.62 bits per heavy atom. The third-order valence-electron chi connectivity index (χ3n) is 4.67. The molecule has 0 aromatic heterocycles. The molecule has 3 amide bonds. The van der Waals surface area contributed by atoms with E-state index in [0.717, 1.165) is 17.9 Å². The summed E-state index contributed by atoms with van der Waals surface area (Å²) in [6.07, 6.45) is 0.739. The second-order valence-corrected chi connectivity index (χ2v) is 8.52. The van der Waals surface area contributed by atoms with E-state index in [1.165, 1.54) is 4.90 Å². The van der Waals surface area contributed by atoms with Crippen molar-refractivity contribution in [1.82, 2.24) is 5.32 Å². The van der Waals surface area contributed by atoms with Crippen molar-refractivity contribution in [2.24, 2.45) is 0 Å². The third-order valence-corrected chi connectivity index (χ3v) is 5.41. The molecular formula is C20H23BrClN4O3+. The van der Waals surface area contributed by atoms with Gasteiger partial charge in [0.15, 0.2) is 0 Å². The molecule has 0 radical (unpaired) electrons. The zero-order valence-electron chi connectivity index (χ0n) is 16.1. The normalized spacial score (nSPS) is 18.4. The van der Waals surface area contributed by atoms with Crippen molar-refractivity contribution >= 4 is 50.8 Å². The Balaban J connectivity index is 2.03. The van der Waals surface area contributed by atoms with Crippen LogP contribution in [0.15, 0.2) is 46.9 Å². The number of amides is 3. The van der Waals surface area contributed by atoms with Gasteiger partial charge in [0, 0.05) is 33.7 Å². The highest BCUT2D eigenvalue weighted by atomic mass is 79.9. The van der Waals surface area contributed by atoms with Crippen LogP contribution < -0.4 is 20.4 Å². The van der Waals surface area contributed by atoms with Crippen LogP contribution in [-0.2, 0) is 10.5 Å². The Labute approximate surface area is 182 Å². The fraction of sp³-hybridized carbons (Fsp3) is 0.300. The van der Waals surface area contributed by atoms with Gasteiger partial charge in [-0.15, -0.1) is 0 Å². The number of carbonyl (C=O) groups is 2. The van der Waals surface area contributed by atoms with Crippen molar-refractivity contribution in [3.8, 4) is 0 Å². The maximum absolute atomic E-state index is 13.2. The summed E-state index contributed by atoms with van der Waals surface area (Å²) in [5.74, 6) is -0.671. The number of benzene rings is 2. The van der Waals surface area contributed by atoms with Crippen molar-refractivity contribution in [2.75, 3.05) is 37.4 Å². The number of quaternary nitrogens is 1. The SMILES string of the molecule is C[NH+](C)CCCNC(=O)C1(O)c2cc(Br)ccc2NC(=O)N1c1ccc(Cl)cc1. The number of aliphatic hydroxyl groups is 1. The van der Waals surface area contributed by atoms with Gasteiger partial charge in [-0.05, 0) is 42.5 Å². The lowest BCUT2D eigenvalue weighted by atomic mass is 9.94. The average Bonchev–Trinajstić information content (AvgIpc) is 2.67. The Hall–Kier alpha value is -2.13. The molecule has 3 rings (SSSR count). The predicted molar refractivity (Wildman–Crippen MR) is 116 cm³/mol. The first kappa shape index (κ1) is 21.6. The molecule has 1 aliphatic heterocycles. The molecule has 0 saturated carbocycles. The number of hydrogen-bond acceptors (Lipinski definition) is 3. The monoisotopic (exact) mass is 481 g/mol. The molecule has 1 unspecified atom stereocenters. The Bertz CT molecular complexity index is 922. The first-order valence-electron chi connectivity index (χ1n) is 9.20. The third kappa shape index (κ3) is 4.40. The smallest absolute Gasteiger partial charge is 0.329 e. The molecule has 2 aromatic rings. The summed E-state index contributed by atoms with van der Waals surface area (Å²) in [6, 6.07) is 10.7. The first-order valence-corrected chi connectivity index (χ1v) is 10.4. The van der Waals surface area contributed by atoms with Crippen LogP contribution >= 0.6 is 27.5 Å². The van der Waals surface area contributed by atoms with Gasteiger partial charge >= 0.3 is 6.03 Å². The number of fused-ring (bicyclic) bond motifs is 1. The van der Waals surface area contributed by atoms with Crippen molar-refractivity contribution in [1.29, 1.82) is 0 Å². The van der Waals surface area contributed by atoms with E-state index >= 15 is 0 Å². The van der Waals surface area contributed by atoms with Gasteiger partial charge in [-0.25, -0.2) is 4.79 Å². The highest BCUT2D eigenvalue weighted by Gasteiger charge is 2.52. The number of nitrogens with zero attached hydrogens (tertiary/aromatic N) is 1. The number of halogens is 2. The van der Waals surface area contributed by atoms with Gasteiger partial charge in [-0.1, -0.05) is 27.5 Å². The van der Waals surface area contributed by atoms with Crippen LogP contribution in [0.5, 0.6) is 0 Å². The number of anilines is 2. The fourth-order valence-corrected chi connectivity index (χ4v) is 3.72. The van der Waals surface area contributed by atoms with E-state index in [1.54, 1.807) is 42.5 Å². The second kappa shape index (κ2) is 8.71.